The van der Waals surface area contributed by atoms with Crippen LogP contribution in [0.2, 0.25) is 5.02 Å². The number of hydrogen-bond acceptors (Lipinski definition) is 4. The van der Waals surface area contributed by atoms with Crippen LogP contribution in [0, 0.1) is 0 Å². The summed E-state index contributed by atoms with van der Waals surface area (Å²) >= 11 is 8.28. The Labute approximate surface area is 155 Å². The molecule has 25 heavy (non-hydrogen) atoms. The topological polar surface area (TPSA) is 45.5 Å². The number of thiophene rings is 1. The van der Waals surface area contributed by atoms with Crippen LogP contribution in [0.5, 0.6) is 0 Å². The van der Waals surface area contributed by atoms with Crippen LogP contribution in [0.15, 0.2) is 47.1 Å². The number of rotatable bonds is 5. The Morgan fingerprint density at radius 2 is 2.20 bits per heavy atom. The fourth-order valence-electron chi connectivity index (χ4n) is 3.37. The molecule has 0 aliphatic carbocycles. The molecule has 1 aliphatic rings. The van der Waals surface area contributed by atoms with Crippen LogP contribution < -0.4 is 5.32 Å². The number of likely N-dealkylation sites (tertiary alicyclic amines) is 1. The minimum absolute atomic E-state index is 0.0612. The van der Waals surface area contributed by atoms with Gasteiger partial charge in [0.15, 0.2) is 0 Å². The Hall–Kier alpha value is -1.82. The Morgan fingerprint density at radius 1 is 1.32 bits per heavy atom. The van der Waals surface area contributed by atoms with E-state index in [0.29, 0.717) is 6.54 Å². The molecule has 1 aliphatic heterocycles. The molecule has 0 unspecified atom stereocenters. The molecule has 4 nitrogen and oxygen atoms in total. The van der Waals surface area contributed by atoms with Gasteiger partial charge in [-0.25, -0.2) is 0 Å². The lowest BCUT2D eigenvalue weighted by atomic mass is 10.2. The summed E-state index contributed by atoms with van der Waals surface area (Å²) in [6.07, 6.45) is 3.53. The van der Waals surface area contributed by atoms with E-state index in [1.165, 1.54) is 4.70 Å². The summed E-state index contributed by atoms with van der Waals surface area (Å²) in [4.78, 5) is 15.9. The number of carbonyl (C=O) groups excluding carboxylic acids is 1. The molecule has 1 saturated heterocycles. The monoisotopic (exact) mass is 374 g/mol. The van der Waals surface area contributed by atoms with Gasteiger partial charge in [0.1, 0.15) is 5.76 Å². The van der Waals surface area contributed by atoms with Crippen molar-refractivity contribution in [3.05, 3.63) is 58.3 Å². The average Bonchev–Trinajstić information content (AvgIpc) is 3.35. The van der Waals surface area contributed by atoms with Crippen molar-refractivity contribution in [3.8, 4) is 0 Å². The molecule has 1 N–H and O–H groups in total. The van der Waals surface area contributed by atoms with E-state index in [0.717, 1.165) is 47.0 Å². The van der Waals surface area contributed by atoms with Gasteiger partial charge in [-0.15, -0.1) is 11.3 Å². The fourth-order valence-corrected chi connectivity index (χ4v) is 4.89. The summed E-state index contributed by atoms with van der Waals surface area (Å²) in [5.74, 6) is 0.830. The molecule has 3 heterocycles. The van der Waals surface area contributed by atoms with Gasteiger partial charge in [-0.1, -0.05) is 29.8 Å². The zero-order valence-electron chi connectivity index (χ0n) is 13.7. The van der Waals surface area contributed by atoms with Crippen LogP contribution in [0.3, 0.4) is 0 Å². The molecule has 130 valence electrons. The van der Waals surface area contributed by atoms with Crippen molar-refractivity contribution >= 4 is 38.9 Å². The van der Waals surface area contributed by atoms with Crippen molar-refractivity contribution in [2.45, 2.75) is 32.0 Å². The lowest BCUT2D eigenvalue weighted by Crippen LogP contribution is -2.42. The van der Waals surface area contributed by atoms with E-state index in [1.807, 2.05) is 24.3 Å². The van der Waals surface area contributed by atoms with Gasteiger partial charge in [-0.3, -0.25) is 9.69 Å². The third-order valence-corrected chi connectivity index (χ3v) is 6.33. The predicted molar refractivity (Wildman–Crippen MR) is 101 cm³/mol. The van der Waals surface area contributed by atoms with Gasteiger partial charge in [0.05, 0.1) is 23.9 Å². The third-order valence-electron chi connectivity index (χ3n) is 4.63. The van der Waals surface area contributed by atoms with Crippen molar-refractivity contribution in [2.24, 2.45) is 0 Å². The Kier molecular flexibility index (Phi) is 4.79. The number of nitrogens with one attached hydrogen (secondary N) is 1. The molecule has 2 aromatic heterocycles. The van der Waals surface area contributed by atoms with E-state index in [2.05, 4.69) is 22.3 Å². The highest BCUT2D eigenvalue weighted by Gasteiger charge is 2.31. The molecule has 4 rings (SSSR count). The quantitative estimate of drug-likeness (QED) is 0.718. The van der Waals surface area contributed by atoms with Gasteiger partial charge in [0.2, 0.25) is 5.91 Å². The molecule has 0 bridgehead atoms. The van der Waals surface area contributed by atoms with Crippen LogP contribution in [0.25, 0.3) is 10.1 Å². The first-order valence-electron chi connectivity index (χ1n) is 8.42. The maximum atomic E-state index is 12.6. The number of fused-ring (bicyclic) bond motifs is 1. The van der Waals surface area contributed by atoms with Gasteiger partial charge < -0.3 is 9.73 Å². The number of benzene rings is 1. The number of nitrogens with zero attached hydrogens (tertiary/aromatic N) is 1. The normalized spacial score (nSPS) is 18.0. The smallest absolute Gasteiger partial charge is 0.237 e. The first-order chi connectivity index (χ1) is 12.2. The first-order valence-corrected chi connectivity index (χ1v) is 9.62. The van der Waals surface area contributed by atoms with Gasteiger partial charge in [-0.05, 0) is 37.6 Å². The van der Waals surface area contributed by atoms with Gasteiger partial charge in [-0.2, -0.15) is 0 Å². The van der Waals surface area contributed by atoms with Crippen molar-refractivity contribution in [3.63, 3.8) is 0 Å². The lowest BCUT2D eigenvalue weighted by molar-refractivity contribution is -0.125. The summed E-state index contributed by atoms with van der Waals surface area (Å²) in [7, 11) is 0. The largest absolute Gasteiger partial charge is 0.467 e. The van der Waals surface area contributed by atoms with Gasteiger partial charge in [0.25, 0.3) is 0 Å². The van der Waals surface area contributed by atoms with E-state index in [9.17, 15) is 4.79 Å². The van der Waals surface area contributed by atoms with Crippen molar-refractivity contribution in [2.75, 3.05) is 6.54 Å². The van der Waals surface area contributed by atoms with Crippen LogP contribution in [-0.2, 0) is 17.9 Å². The average molecular weight is 375 g/mol. The Balaban J connectivity index is 1.45. The molecule has 0 spiro atoms. The summed E-state index contributed by atoms with van der Waals surface area (Å²) in [5.41, 5.74) is 0. The summed E-state index contributed by atoms with van der Waals surface area (Å²) in [6, 6.07) is 11.8. The minimum Gasteiger partial charge on any atom is -0.467 e. The molecular formula is C19H19ClN2O2S. The van der Waals surface area contributed by atoms with Gasteiger partial charge in [0, 0.05) is 21.5 Å². The highest BCUT2D eigenvalue weighted by Crippen LogP contribution is 2.37. The molecule has 0 saturated carbocycles. The molecule has 0 radical (unpaired) electrons. The summed E-state index contributed by atoms with van der Waals surface area (Å²) < 4.78 is 6.47. The zero-order valence-corrected chi connectivity index (χ0v) is 15.3. The highest BCUT2D eigenvalue weighted by atomic mass is 35.5. The number of amides is 1. The third kappa shape index (κ3) is 3.45. The number of carbonyl (C=O) groups is 1. The second-order valence-electron chi connectivity index (χ2n) is 6.26. The maximum Gasteiger partial charge on any atom is 0.237 e. The summed E-state index contributed by atoms with van der Waals surface area (Å²) in [5, 5.41) is 4.90. The predicted octanol–water partition coefficient (Wildman–Crippen LogP) is 4.43. The number of furan rings is 1. The van der Waals surface area contributed by atoms with E-state index in [1.54, 1.807) is 17.6 Å². The molecule has 1 fully saturated rings. The van der Waals surface area contributed by atoms with Crippen molar-refractivity contribution in [1.82, 2.24) is 10.2 Å². The SMILES string of the molecule is O=C(NCc1ccco1)[C@H]1CCCN1Cc1sc2ccccc2c1Cl. The second-order valence-corrected chi connectivity index (χ2v) is 7.78. The number of halogens is 1. The van der Waals surface area contributed by atoms with Gasteiger partial charge >= 0.3 is 0 Å². The molecule has 1 amide bonds. The minimum atomic E-state index is -0.101. The van der Waals surface area contributed by atoms with Crippen molar-refractivity contribution in [1.29, 1.82) is 0 Å². The second kappa shape index (κ2) is 7.20. The first kappa shape index (κ1) is 16.6. The van der Waals surface area contributed by atoms with Crippen molar-refractivity contribution < 1.29 is 9.21 Å². The molecule has 1 atom stereocenters. The fraction of sp³-hybridized carbons (Fsp3) is 0.316. The Morgan fingerprint density at radius 3 is 3.00 bits per heavy atom. The molecule has 1 aromatic carbocycles. The standard InChI is InChI=1S/C19H19ClN2O2S/c20-18-14-6-1-2-8-16(14)25-17(18)12-22-9-3-7-15(22)19(23)21-11-13-5-4-10-24-13/h1-2,4-6,8,10,15H,3,7,9,11-12H2,(H,21,23)/t15-/m1/s1. The molecule has 3 aromatic rings. The highest BCUT2D eigenvalue weighted by molar-refractivity contribution is 7.19. The van der Waals surface area contributed by atoms with Crippen LogP contribution in [0.1, 0.15) is 23.5 Å². The van der Waals surface area contributed by atoms with Crippen LogP contribution >= 0.6 is 22.9 Å². The van der Waals surface area contributed by atoms with E-state index in [-0.39, 0.29) is 11.9 Å². The van der Waals surface area contributed by atoms with E-state index in [4.69, 9.17) is 16.0 Å². The van der Waals surface area contributed by atoms with Crippen LogP contribution in [0.4, 0.5) is 0 Å². The maximum absolute atomic E-state index is 12.6. The van der Waals surface area contributed by atoms with Crippen LogP contribution in [-0.4, -0.2) is 23.4 Å². The van der Waals surface area contributed by atoms with E-state index < -0.39 is 0 Å². The Bertz CT molecular complexity index is 875. The lowest BCUT2D eigenvalue weighted by Gasteiger charge is -2.23. The molecular weight excluding hydrogens is 356 g/mol. The number of hydrogen-bond donors (Lipinski definition) is 1. The molecule has 6 heteroatoms. The van der Waals surface area contributed by atoms with E-state index >= 15 is 0 Å². The zero-order chi connectivity index (χ0) is 17.2. The summed E-state index contributed by atoms with van der Waals surface area (Å²) in [6.45, 7) is 2.07.